The van der Waals surface area contributed by atoms with Gasteiger partial charge in [0.2, 0.25) is 0 Å². The molecule has 0 fully saturated rings. The maximum atomic E-state index is 6.27. The van der Waals surface area contributed by atoms with Crippen LogP contribution in [0, 0.1) is 0 Å². The van der Waals surface area contributed by atoms with Crippen molar-refractivity contribution < 1.29 is 0 Å². The highest BCUT2D eigenvalue weighted by atomic mass is 35.5. The van der Waals surface area contributed by atoms with Crippen molar-refractivity contribution >= 4 is 35.0 Å². The molecular formula is C15H23Cl2NS. The first-order valence-corrected chi connectivity index (χ1v) is 8.63. The maximum Gasteiger partial charge on any atom is 0.0624 e. The van der Waals surface area contributed by atoms with Crippen molar-refractivity contribution in [2.45, 2.75) is 44.9 Å². The molecule has 0 bridgehead atoms. The highest BCUT2D eigenvalue weighted by Crippen LogP contribution is 2.27. The Hall–Kier alpha value is 0.110. The molecule has 19 heavy (non-hydrogen) atoms. The Bertz CT molecular complexity index is 382. The van der Waals surface area contributed by atoms with E-state index >= 15 is 0 Å². The highest BCUT2D eigenvalue weighted by molar-refractivity contribution is 7.99. The molecule has 0 radical (unpaired) electrons. The van der Waals surface area contributed by atoms with Crippen molar-refractivity contribution in [3.05, 3.63) is 33.8 Å². The Balaban J connectivity index is 2.66. The Kier molecular flexibility index (Phi) is 8.24. The third-order valence-corrected chi connectivity index (χ3v) is 4.93. The summed E-state index contributed by atoms with van der Waals surface area (Å²) in [5, 5.41) is 5.59. The smallest absolute Gasteiger partial charge is 0.0624 e. The number of benzene rings is 1. The largest absolute Gasteiger partial charge is 0.313 e. The van der Waals surface area contributed by atoms with E-state index in [1.807, 2.05) is 23.9 Å². The van der Waals surface area contributed by atoms with Crippen molar-refractivity contribution in [2.24, 2.45) is 0 Å². The van der Waals surface area contributed by atoms with Crippen molar-refractivity contribution in [1.82, 2.24) is 5.32 Å². The first kappa shape index (κ1) is 17.2. The van der Waals surface area contributed by atoms with E-state index in [1.54, 1.807) is 0 Å². The quantitative estimate of drug-likeness (QED) is 0.720. The van der Waals surface area contributed by atoms with Crippen LogP contribution < -0.4 is 5.32 Å². The van der Waals surface area contributed by atoms with Crippen LogP contribution in [0.4, 0.5) is 0 Å². The topological polar surface area (TPSA) is 12.0 Å². The average molecular weight is 320 g/mol. The molecule has 1 N–H and O–H groups in total. The van der Waals surface area contributed by atoms with Gasteiger partial charge in [-0.1, -0.05) is 56.1 Å². The van der Waals surface area contributed by atoms with E-state index in [9.17, 15) is 0 Å². The Labute approximate surface area is 131 Å². The summed E-state index contributed by atoms with van der Waals surface area (Å²) in [6.07, 6.45) is 2.07. The molecule has 0 heterocycles. The van der Waals surface area contributed by atoms with E-state index in [4.69, 9.17) is 23.2 Å². The van der Waals surface area contributed by atoms with Gasteiger partial charge in [0.15, 0.2) is 0 Å². The number of hydrogen-bond acceptors (Lipinski definition) is 2. The zero-order chi connectivity index (χ0) is 14.3. The van der Waals surface area contributed by atoms with Gasteiger partial charge in [-0.25, -0.2) is 0 Å². The molecule has 0 aromatic heterocycles. The fraction of sp³-hybridized carbons (Fsp3) is 0.600. The van der Waals surface area contributed by atoms with Crippen LogP contribution in [-0.2, 0) is 6.42 Å². The monoisotopic (exact) mass is 319 g/mol. The molecule has 0 aliphatic carbocycles. The molecule has 0 aliphatic heterocycles. The van der Waals surface area contributed by atoms with Crippen LogP contribution in [0.3, 0.4) is 0 Å². The standard InChI is InChI=1S/C15H23Cl2NS/c1-4-8-18-13(10-19-11(2)3)9-12-6-5-7-14(16)15(12)17/h5-7,11,13,18H,4,8-10H2,1-3H3. The lowest BCUT2D eigenvalue weighted by Gasteiger charge is -2.20. The lowest BCUT2D eigenvalue weighted by atomic mass is 10.1. The maximum absolute atomic E-state index is 6.27. The molecule has 1 aromatic carbocycles. The van der Waals surface area contributed by atoms with Crippen molar-refractivity contribution in [3.63, 3.8) is 0 Å². The van der Waals surface area contributed by atoms with E-state index < -0.39 is 0 Å². The van der Waals surface area contributed by atoms with E-state index in [0.29, 0.717) is 21.3 Å². The minimum atomic E-state index is 0.448. The molecule has 0 spiro atoms. The number of rotatable bonds is 8. The highest BCUT2D eigenvalue weighted by Gasteiger charge is 2.13. The van der Waals surface area contributed by atoms with Crippen LogP contribution in [0.2, 0.25) is 10.0 Å². The summed E-state index contributed by atoms with van der Waals surface area (Å²) in [6, 6.07) is 6.32. The second-order valence-corrected chi connectivity index (χ2v) is 7.34. The number of thioether (sulfide) groups is 1. The molecule has 1 aromatic rings. The van der Waals surface area contributed by atoms with E-state index in [-0.39, 0.29) is 0 Å². The van der Waals surface area contributed by atoms with Gasteiger partial charge in [-0.3, -0.25) is 0 Å². The molecule has 108 valence electrons. The number of hydrogen-bond donors (Lipinski definition) is 1. The molecule has 4 heteroatoms. The Morgan fingerprint density at radius 3 is 2.63 bits per heavy atom. The van der Waals surface area contributed by atoms with E-state index in [0.717, 1.165) is 30.7 Å². The molecule has 0 aliphatic rings. The fourth-order valence-corrected chi connectivity index (χ4v) is 3.07. The van der Waals surface area contributed by atoms with Gasteiger partial charge in [-0.05, 0) is 36.3 Å². The van der Waals surface area contributed by atoms with Crippen LogP contribution in [0.1, 0.15) is 32.8 Å². The van der Waals surface area contributed by atoms with Crippen LogP contribution in [0.25, 0.3) is 0 Å². The van der Waals surface area contributed by atoms with Crippen LogP contribution >= 0.6 is 35.0 Å². The summed E-state index contributed by atoms with van der Waals surface area (Å²) >= 11 is 14.3. The summed E-state index contributed by atoms with van der Waals surface area (Å²) in [5.74, 6) is 1.10. The summed E-state index contributed by atoms with van der Waals surface area (Å²) in [4.78, 5) is 0. The zero-order valence-corrected chi connectivity index (χ0v) is 14.2. The number of nitrogens with one attached hydrogen (secondary N) is 1. The zero-order valence-electron chi connectivity index (χ0n) is 11.9. The predicted molar refractivity (Wildman–Crippen MR) is 89.8 cm³/mol. The van der Waals surface area contributed by atoms with Crippen molar-refractivity contribution in [1.29, 1.82) is 0 Å². The second-order valence-electron chi connectivity index (χ2n) is 4.95. The molecule has 1 atom stereocenters. The molecule has 1 unspecified atom stereocenters. The van der Waals surface area contributed by atoms with Gasteiger partial charge >= 0.3 is 0 Å². The van der Waals surface area contributed by atoms with Gasteiger partial charge in [0.1, 0.15) is 0 Å². The minimum Gasteiger partial charge on any atom is -0.313 e. The van der Waals surface area contributed by atoms with Gasteiger partial charge in [0, 0.05) is 11.8 Å². The molecule has 0 amide bonds. The predicted octanol–water partition coefficient (Wildman–Crippen LogP) is 5.05. The van der Waals surface area contributed by atoms with Gasteiger partial charge in [-0.2, -0.15) is 11.8 Å². The molecule has 1 rings (SSSR count). The van der Waals surface area contributed by atoms with Crippen molar-refractivity contribution in [2.75, 3.05) is 12.3 Å². The van der Waals surface area contributed by atoms with Crippen LogP contribution in [0.5, 0.6) is 0 Å². The van der Waals surface area contributed by atoms with Gasteiger partial charge in [0.05, 0.1) is 10.0 Å². The second kappa shape index (κ2) is 9.12. The summed E-state index contributed by atoms with van der Waals surface area (Å²) in [7, 11) is 0. The van der Waals surface area contributed by atoms with Crippen molar-refractivity contribution in [3.8, 4) is 0 Å². The molecule has 0 saturated carbocycles. The van der Waals surface area contributed by atoms with E-state index in [1.165, 1.54) is 0 Å². The molecule has 0 saturated heterocycles. The Morgan fingerprint density at radius 2 is 2.00 bits per heavy atom. The lowest BCUT2D eigenvalue weighted by Crippen LogP contribution is -2.34. The fourth-order valence-electron chi connectivity index (χ4n) is 1.82. The first-order valence-electron chi connectivity index (χ1n) is 6.82. The normalized spacial score (nSPS) is 12.9. The summed E-state index contributed by atoms with van der Waals surface area (Å²) in [6.45, 7) is 7.69. The van der Waals surface area contributed by atoms with Crippen LogP contribution in [-0.4, -0.2) is 23.6 Å². The molecular weight excluding hydrogens is 297 g/mol. The van der Waals surface area contributed by atoms with Crippen LogP contribution in [0.15, 0.2) is 18.2 Å². The first-order chi connectivity index (χ1) is 9.04. The van der Waals surface area contributed by atoms with Gasteiger partial charge in [-0.15, -0.1) is 0 Å². The molecule has 1 nitrogen and oxygen atoms in total. The lowest BCUT2D eigenvalue weighted by molar-refractivity contribution is 0.550. The summed E-state index contributed by atoms with van der Waals surface area (Å²) < 4.78 is 0. The number of halogens is 2. The van der Waals surface area contributed by atoms with E-state index in [2.05, 4.69) is 32.2 Å². The van der Waals surface area contributed by atoms with Gasteiger partial charge in [0.25, 0.3) is 0 Å². The summed E-state index contributed by atoms with van der Waals surface area (Å²) in [5.41, 5.74) is 1.13. The third kappa shape index (κ3) is 6.40. The van der Waals surface area contributed by atoms with Gasteiger partial charge < -0.3 is 5.32 Å². The Morgan fingerprint density at radius 1 is 1.26 bits per heavy atom. The SMILES string of the molecule is CCCNC(CSC(C)C)Cc1cccc(Cl)c1Cl. The average Bonchev–Trinajstić information content (AvgIpc) is 2.37. The third-order valence-electron chi connectivity index (χ3n) is 2.81. The minimum absolute atomic E-state index is 0.448.